The molecule has 6 nitrogen and oxygen atoms in total. The van der Waals surface area contributed by atoms with Gasteiger partial charge in [0.05, 0.1) is 17.5 Å². The van der Waals surface area contributed by atoms with Crippen LogP contribution in [0, 0.1) is 6.92 Å². The second kappa shape index (κ2) is 4.99. The molecule has 1 aromatic rings. The maximum atomic E-state index is 12.0. The molecule has 0 saturated heterocycles. The van der Waals surface area contributed by atoms with Crippen LogP contribution in [0.4, 0.5) is 0 Å². The lowest BCUT2D eigenvalue weighted by Crippen LogP contribution is -2.44. The van der Waals surface area contributed by atoms with Crippen molar-refractivity contribution in [3.05, 3.63) is 11.9 Å². The van der Waals surface area contributed by atoms with Crippen molar-refractivity contribution >= 4 is 10.0 Å². The van der Waals surface area contributed by atoms with Gasteiger partial charge in [-0.1, -0.05) is 19.3 Å². The fourth-order valence-corrected chi connectivity index (χ4v) is 3.56. The Hall–Kier alpha value is -0.920. The van der Waals surface area contributed by atoms with Crippen molar-refractivity contribution in [2.24, 2.45) is 0 Å². The lowest BCUT2D eigenvalue weighted by Gasteiger charge is -2.31. The summed E-state index contributed by atoms with van der Waals surface area (Å²) in [6.45, 7) is 1.72. The molecule has 2 rings (SSSR count). The lowest BCUT2D eigenvalue weighted by molar-refractivity contribution is 0.00945. The van der Waals surface area contributed by atoms with E-state index in [0.29, 0.717) is 18.5 Å². The minimum atomic E-state index is -3.59. The molecule has 0 amide bonds. The van der Waals surface area contributed by atoms with E-state index < -0.39 is 15.6 Å². The topological polar surface area (TPSA) is 95.1 Å². The second-order valence-corrected chi connectivity index (χ2v) is 6.70. The smallest absolute Gasteiger partial charge is 0.244 e. The number of nitrogens with one attached hydrogen (secondary N) is 2. The van der Waals surface area contributed by atoms with E-state index in [0.717, 1.165) is 19.3 Å². The molecule has 1 saturated carbocycles. The third kappa shape index (κ3) is 2.90. The van der Waals surface area contributed by atoms with Crippen LogP contribution in [0.1, 0.15) is 37.8 Å². The third-order valence-corrected chi connectivity index (χ3v) is 4.96. The average molecular weight is 273 g/mol. The molecule has 102 valence electrons. The predicted molar refractivity (Wildman–Crippen MR) is 66.5 cm³/mol. The van der Waals surface area contributed by atoms with Gasteiger partial charge in [-0.05, 0) is 19.8 Å². The molecule has 1 aromatic heterocycles. The fraction of sp³-hybridized carbons (Fsp3) is 0.727. The van der Waals surface area contributed by atoms with Crippen LogP contribution >= 0.6 is 0 Å². The van der Waals surface area contributed by atoms with E-state index >= 15 is 0 Å². The van der Waals surface area contributed by atoms with Gasteiger partial charge in [-0.25, -0.2) is 13.1 Å². The number of hydrogen-bond donors (Lipinski definition) is 3. The monoisotopic (exact) mass is 273 g/mol. The zero-order valence-electron chi connectivity index (χ0n) is 10.4. The van der Waals surface area contributed by atoms with Crippen molar-refractivity contribution in [2.75, 3.05) is 6.54 Å². The summed E-state index contributed by atoms with van der Waals surface area (Å²) in [6.07, 6.45) is 5.59. The van der Waals surface area contributed by atoms with Crippen molar-refractivity contribution in [3.8, 4) is 0 Å². The molecule has 0 aliphatic heterocycles. The maximum Gasteiger partial charge on any atom is 0.244 e. The summed E-state index contributed by atoms with van der Waals surface area (Å²) in [4.78, 5) is 0.141. The van der Waals surface area contributed by atoms with Crippen molar-refractivity contribution in [3.63, 3.8) is 0 Å². The summed E-state index contributed by atoms with van der Waals surface area (Å²) in [5, 5.41) is 16.5. The Morgan fingerprint density at radius 2 is 2.11 bits per heavy atom. The molecular weight excluding hydrogens is 254 g/mol. The molecule has 0 atom stereocenters. The number of rotatable bonds is 4. The molecule has 0 spiro atoms. The van der Waals surface area contributed by atoms with Crippen LogP contribution in [0.5, 0.6) is 0 Å². The molecule has 0 aromatic carbocycles. The van der Waals surface area contributed by atoms with Crippen LogP contribution in [-0.2, 0) is 10.0 Å². The average Bonchev–Trinajstić information content (AvgIpc) is 2.75. The van der Waals surface area contributed by atoms with E-state index in [1.165, 1.54) is 6.20 Å². The van der Waals surface area contributed by atoms with E-state index in [-0.39, 0.29) is 11.4 Å². The van der Waals surface area contributed by atoms with Gasteiger partial charge >= 0.3 is 0 Å². The van der Waals surface area contributed by atoms with E-state index in [9.17, 15) is 13.5 Å². The van der Waals surface area contributed by atoms with Crippen LogP contribution in [0.2, 0.25) is 0 Å². The number of H-pyrrole nitrogens is 1. The number of nitrogens with zero attached hydrogens (tertiary/aromatic N) is 1. The molecule has 7 heteroatoms. The van der Waals surface area contributed by atoms with Crippen molar-refractivity contribution in [1.82, 2.24) is 14.9 Å². The van der Waals surface area contributed by atoms with Gasteiger partial charge in [0.25, 0.3) is 0 Å². The molecule has 0 radical (unpaired) electrons. The number of hydrogen-bond acceptors (Lipinski definition) is 4. The van der Waals surface area contributed by atoms with Gasteiger partial charge < -0.3 is 5.11 Å². The van der Waals surface area contributed by atoms with Crippen LogP contribution in [-0.4, -0.2) is 35.9 Å². The standard InChI is InChI=1S/C11H19N3O3S/c1-9-10(7-12-14-9)18(16,17)13-8-11(15)5-3-2-4-6-11/h7,13,15H,2-6,8H2,1H3,(H,12,14). The summed E-state index contributed by atoms with van der Waals surface area (Å²) < 4.78 is 26.5. The summed E-state index contributed by atoms with van der Waals surface area (Å²) >= 11 is 0. The first-order valence-electron chi connectivity index (χ1n) is 6.15. The highest BCUT2D eigenvalue weighted by Gasteiger charge is 2.31. The van der Waals surface area contributed by atoms with Crippen molar-refractivity contribution in [2.45, 2.75) is 49.5 Å². The van der Waals surface area contributed by atoms with Crippen molar-refractivity contribution in [1.29, 1.82) is 0 Å². The quantitative estimate of drug-likeness (QED) is 0.752. The first-order valence-corrected chi connectivity index (χ1v) is 7.63. The lowest BCUT2D eigenvalue weighted by atomic mass is 9.85. The SMILES string of the molecule is Cc1[nH]ncc1S(=O)(=O)NCC1(O)CCCCC1. The second-order valence-electron chi connectivity index (χ2n) is 4.97. The number of aromatic nitrogens is 2. The van der Waals surface area contributed by atoms with Gasteiger partial charge in [-0.2, -0.15) is 5.10 Å². The van der Waals surface area contributed by atoms with Gasteiger partial charge in [0.1, 0.15) is 4.90 Å². The fourth-order valence-electron chi connectivity index (χ4n) is 2.30. The molecule has 1 aliphatic carbocycles. The zero-order chi connectivity index (χ0) is 13.2. The predicted octanol–water partition coefficient (Wildman–Crippen LogP) is 0.692. The molecule has 18 heavy (non-hydrogen) atoms. The molecule has 1 fully saturated rings. The summed E-state index contributed by atoms with van der Waals surface area (Å²) in [5.74, 6) is 0. The van der Waals surface area contributed by atoms with Crippen LogP contribution < -0.4 is 4.72 Å². The zero-order valence-corrected chi connectivity index (χ0v) is 11.3. The summed E-state index contributed by atoms with van der Waals surface area (Å²) in [5.41, 5.74) is -0.402. The third-order valence-electron chi connectivity index (χ3n) is 3.45. The van der Waals surface area contributed by atoms with Crippen molar-refractivity contribution < 1.29 is 13.5 Å². The minimum absolute atomic E-state index is 0.0694. The Labute approximate surface area is 107 Å². The highest BCUT2D eigenvalue weighted by molar-refractivity contribution is 7.89. The molecule has 1 aliphatic rings. The van der Waals surface area contributed by atoms with E-state index in [2.05, 4.69) is 14.9 Å². The van der Waals surface area contributed by atoms with Gasteiger partial charge in [-0.15, -0.1) is 0 Å². The van der Waals surface area contributed by atoms with E-state index in [1.54, 1.807) is 6.92 Å². The first-order chi connectivity index (χ1) is 8.43. The maximum absolute atomic E-state index is 12.0. The highest BCUT2D eigenvalue weighted by Crippen LogP contribution is 2.27. The highest BCUT2D eigenvalue weighted by atomic mass is 32.2. The normalized spacial score (nSPS) is 19.9. The van der Waals surface area contributed by atoms with Crippen LogP contribution in [0.25, 0.3) is 0 Å². The summed E-state index contributed by atoms with van der Waals surface area (Å²) in [7, 11) is -3.59. The Morgan fingerprint density at radius 1 is 1.44 bits per heavy atom. The molecule has 0 bridgehead atoms. The minimum Gasteiger partial charge on any atom is -0.389 e. The first kappa shape index (κ1) is 13.5. The number of aromatic amines is 1. The number of aliphatic hydroxyl groups is 1. The molecule has 0 unspecified atom stereocenters. The van der Waals surface area contributed by atoms with E-state index in [1.807, 2.05) is 0 Å². The number of sulfonamides is 1. The van der Waals surface area contributed by atoms with Crippen LogP contribution in [0.3, 0.4) is 0 Å². The van der Waals surface area contributed by atoms with Crippen LogP contribution in [0.15, 0.2) is 11.1 Å². The molecular formula is C11H19N3O3S. The molecule has 1 heterocycles. The van der Waals surface area contributed by atoms with Gasteiger partial charge in [0.2, 0.25) is 10.0 Å². The summed E-state index contributed by atoms with van der Waals surface area (Å²) in [6, 6.07) is 0. The van der Waals surface area contributed by atoms with Gasteiger partial charge in [0.15, 0.2) is 0 Å². The Morgan fingerprint density at radius 3 is 2.67 bits per heavy atom. The van der Waals surface area contributed by atoms with Gasteiger partial charge in [0, 0.05) is 6.54 Å². The largest absolute Gasteiger partial charge is 0.389 e. The number of aryl methyl sites for hydroxylation is 1. The van der Waals surface area contributed by atoms with Gasteiger partial charge in [-0.3, -0.25) is 5.10 Å². The van der Waals surface area contributed by atoms with E-state index in [4.69, 9.17) is 0 Å². The molecule has 3 N–H and O–H groups in total. The Bertz CT molecular complexity index is 503. The Kier molecular flexibility index (Phi) is 3.74. The Balaban J connectivity index is 2.03.